The van der Waals surface area contributed by atoms with Crippen molar-refractivity contribution in [2.75, 3.05) is 26.8 Å². The molecule has 1 aliphatic heterocycles. The fraction of sp³-hybridized carbons (Fsp3) is 1.00. The number of ether oxygens (including phenoxy) is 1. The number of methoxy groups -OCH3 is 1. The molecule has 19 heavy (non-hydrogen) atoms. The van der Waals surface area contributed by atoms with E-state index in [0.717, 1.165) is 13.2 Å². The van der Waals surface area contributed by atoms with Gasteiger partial charge in [0.15, 0.2) is 0 Å². The highest BCUT2D eigenvalue weighted by Gasteiger charge is 2.45. The van der Waals surface area contributed by atoms with Crippen molar-refractivity contribution in [3.8, 4) is 0 Å². The number of piperazine rings is 1. The van der Waals surface area contributed by atoms with Crippen LogP contribution >= 0.6 is 0 Å². The van der Waals surface area contributed by atoms with Gasteiger partial charge in [-0.15, -0.1) is 0 Å². The molecule has 1 spiro atoms. The first kappa shape index (κ1) is 15.3. The second-order valence-corrected chi connectivity index (χ2v) is 6.98. The normalized spacial score (nSPS) is 33.5. The second kappa shape index (κ2) is 6.11. The smallest absolute Gasteiger partial charge is 0.0615 e. The van der Waals surface area contributed by atoms with Gasteiger partial charge < -0.3 is 10.1 Å². The zero-order valence-electron chi connectivity index (χ0n) is 13.3. The van der Waals surface area contributed by atoms with Gasteiger partial charge in [-0.1, -0.05) is 26.2 Å². The molecule has 0 radical (unpaired) electrons. The Bertz CT molecular complexity index is 288. The molecule has 1 saturated carbocycles. The minimum absolute atomic E-state index is 0.278. The molecule has 3 heteroatoms. The minimum Gasteiger partial charge on any atom is -0.383 e. The Labute approximate surface area is 119 Å². The number of hydrogen-bond acceptors (Lipinski definition) is 3. The lowest BCUT2D eigenvalue weighted by Crippen LogP contribution is -2.71. The van der Waals surface area contributed by atoms with Crippen LogP contribution in [0.2, 0.25) is 0 Å². The van der Waals surface area contributed by atoms with Gasteiger partial charge >= 0.3 is 0 Å². The third-order valence-corrected chi connectivity index (χ3v) is 5.52. The monoisotopic (exact) mass is 268 g/mol. The third-order valence-electron chi connectivity index (χ3n) is 5.52. The highest BCUT2D eigenvalue weighted by atomic mass is 16.5. The molecular formula is C16H32N2O. The Balaban J connectivity index is 2.12. The molecule has 1 aliphatic carbocycles. The van der Waals surface area contributed by atoms with Crippen LogP contribution in [-0.4, -0.2) is 48.8 Å². The van der Waals surface area contributed by atoms with Crippen molar-refractivity contribution in [2.45, 2.75) is 76.4 Å². The molecule has 0 aromatic heterocycles. The van der Waals surface area contributed by atoms with Crippen molar-refractivity contribution in [3.63, 3.8) is 0 Å². The minimum atomic E-state index is 0.278. The van der Waals surface area contributed by atoms with E-state index in [2.05, 4.69) is 31.0 Å². The number of nitrogens with one attached hydrogen (secondary N) is 1. The molecule has 1 heterocycles. The zero-order valence-corrected chi connectivity index (χ0v) is 13.3. The highest BCUT2D eigenvalue weighted by Crippen LogP contribution is 2.36. The van der Waals surface area contributed by atoms with Gasteiger partial charge in [-0.25, -0.2) is 0 Å². The molecule has 2 unspecified atom stereocenters. The van der Waals surface area contributed by atoms with Crippen LogP contribution in [0.3, 0.4) is 0 Å². The third kappa shape index (κ3) is 3.14. The molecule has 0 bridgehead atoms. The molecule has 2 fully saturated rings. The molecule has 0 aromatic rings. The van der Waals surface area contributed by atoms with Crippen molar-refractivity contribution in [2.24, 2.45) is 0 Å². The molecule has 0 aromatic carbocycles. The maximum absolute atomic E-state index is 5.41. The topological polar surface area (TPSA) is 24.5 Å². The van der Waals surface area contributed by atoms with Crippen LogP contribution in [0.4, 0.5) is 0 Å². The number of nitrogens with zero attached hydrogens (tertiary/aromatic N) is 1. The standard InChI is InChI=1S/C16H32N2O/c1-5-15(3)12-17-16(9-7-6-8-10-16)13-18(15)14(2)11-19-4/h14,17H,5-13H2,1-4H3. The summed E-state index contributed by atoms with van der Waals surface area (Å²) in [6.45, 7) is 10.2. The van der Waals surface area contributed by atoms with E-state index in [1.54, 1.807) is 0 Å². The molecule has 1 N–H and O–H groups in total. The van der Waals surface area contributed by atoms with Gasteiger partial charge in [0.05, 0.1) is 6.61 Å². The van der Waals surface area contributed by atoms with Crippen molar-refractivity contribution >= 4 is 0 Å². The lowest BCUT2D eigenvalue weighted by molar-refractivity contribution is -0.0446. The Hall–Kier alpha value is -0.120. The summed E-state index contributed by atoms with van der Waals surface area (Å²) in [5, 5.41) is 3.92. The van der Waals surface area contributed by atoms with Crippen LogP contribution in [0.5, 0.6) is 0 Å². The van der Waals surface area contributed by atoms with Crippen LogP contribution in [0.15, 0.2) is 0 Å². The molecule has 2 atom stereocenters. The Morgan fingerprint density at radius 3 is 2.53 bits per heavy atom. The Morgan fingerprint density at radius 1 is 1.26 bits per heavy atom. The average Bonchev–Trinajstić information content (AvgIpc) is 2.43. The van der Waals surface area contributed by atoms with E-state index >= 15 is 0 Å². The summed E-state index contributed by atoms with van der Waals surface area (Å²) in [4.78, 5) is 2.72. The maximum Gasteiger partial charge on any atom is 0.0615 e. The van der Waals surface area contributed by atoms with Gasteiger partial charge in [-0.3, -0.25) is 4.90 Å². The summed E-state index contributed by atoms with van der Waals surface area (Å²) in [5.41, 5.74) is 0.662. The predicted molar refractivity (Wildman–Crippen MR) is 80.6 cm³/mol. The Morgan fingerprint density at radius 2 is 1.95 bits per heavy atom. The molecule has 112 valence electrons. The fourth-order valence-electron chi connectivity index (χ4n) is 3.96. The first-order valence-electron chi connectivity index (χ1n) is 8.06. The predicted octanol–water partition coefficient (Wildman–Crippen LogP) is 2.80. The fourth-order valence-corrected chi connectivity index (χ4v) is 3.96. The van der Waals surface area contributed by atoms with Crippen molar-refractivity contribution in [3.05, 3.63) is 0 Å². The van der Waals surface area contributed by atoms with E-state index in [1.807, 2.05) is 7.11 Å². The molecule has 2 aliphatic rings. The molecule has 2 rings (SSSR count). The molecule has 3 nitrogen and oxygen atoms in total. The summed E-state index contributed by atoms with van der Waals surface area (Å²) < 4.78 is 5.41. The quantitative estimate of drug-likeness (QED) is 0.848. The molecular weight excluding hydrogens is 236 g/mol. The van der Waals surface area contributed by atoms with E-state index in [-0.39, 0.29) is 5.54 Å². The average molecular weight is 268 g/mol. The van der Waals surface area contributed by atoms with Gasteiger partial charge in [0.1, 0.15) is 0 Å². The summed E-state index contributed by atoms with van der Waals surface area (Å²) in [6, 6.07) is 0.510. The Kier molecular flexibility index (Phi) is 4.91. The lowest BCUT2D eigenvalue weighted by atomic mass is 9.76. The largest absolute Gasteiger partial charge is 0.383 e. The zero-order chi connectivity index (χ0) is 13.9. The van der Waals surface area contributed by atoms with Gasteiger partial charge in [-0.2, -0.15) is 0 Å². The highest BCUT2D eigenvalue weighted by molar-refractivity contribution is 5.05. The van der Waals surface area contributed by atoms with E-state index < -0.39 is 0 Å². The van der Waals surface area contributed by atoms with E-state index in [4.69, 9.17) is 4.74 Å². The summed E-state index contributed by atoms with van der Waals surface area (Å²) in [7, 11) is 1.82. The number of rotatable bonds is 4. The summed E-state index contributed by atoms with van der Waals surface area (Å²) in [6.07, 6.45) is 8.10. The first-order chi connectivity index (χ1) is 9.05. The lowest BCUT2D eigenvalue weighted by Gasteiger charge is -2.56. The molecule has 0 amide bonds. The van der Waals surface area contributed by atoms with Gasteiger partial charge in [0.2, 0.25) is 0 Å². The van der Waals surface area contributed by atoms with Crippen molar-refractivity contribution in [1.29, 1.82) is 0 Å². The van der Waals surface area contributed by atoms with Crippen LogP contribution in [0.1, 0.15) is 59.3 Å². The van der Waals surface area contributed by atoms with Gasteiger partial charge in [0, 0.05) is 37.3 Å². The molecule has 1 saturated heterocycles. The van der Waals surface area contributed by atoms with Crippen molar-refractivity contribution < 1.29 is 4.74 Å². The van der Waals surface area contributed by atoms with E-state index in [0.29, 0.717) is 11.6 Å². The van der Waals surface area contributed by atoms with E-state index in [1.165, 1.54) is 45.1 Å². The van der Waals surface area contributed by atoms with Crippen LogP contribution in [0.25, 0.3) is 0 Å². The van der Waals surface area contributed by atoms with Gasteiger partial charge in [-0.05, 0) is 33.1 Å². The van der Waals surface area contributed by atoms with Crippen molar-refractivity contribution in [1.82, 2.24) is 10.2 Å². The summed E-state index contributed by atoms with van der Waals surface area (Å²) >= 11 is 0. The maximum atomic E-state index is 5.41. The van der Waals surface area contributed by atoms with Crippen LogP contribution in [-0.2, 0) is 4.74 Å². The van der Waals surface area contributed by atoms with E-state index in [9.17, 15) is 0 Å². The second-order valence-electron chi connectivity index (χ2n) is 6.98. The van der Waals surface area contributed by atoms with Crippen LogP contribution in [0, 0.1) is 0 Å². The number of hydrogen-bond donors (Lipinski definition) is 1. The van der Waals surface area contributed by atoms with Crippen LogP contribution < -0.4 is 5.32 Å². The SMILES string of the molecule is CCC1(C)CNC2(CCCCC2)CN1C(C)COC. The summed E-state index contributed by atoms with van der Waals surface area (Å²) in [5.74, 6) is 0. The van der Waals surface area contributed by atoms with Gasteiger partial charge in [0.25, 0.3) is 0 Å². The first-order valence-corrected chi connectivity index (χ1v) is 8.06.